The van der Waals surface area contributed by atoms with Crippen molar-refractivity contribution in [2.45, 2.75) is 39.3 Å². The zero-order valence-electron chi connectivity index (χ0n) is 10.2. The number of carboxylic acid groups (broad SMARTS) is 1. The molecule has 0 aliphatic rings. The van der Waals surface area contributed by atoms with E-state index in [1.807, 2.05) is 6.92 Å². The third-order valence-corrected chi connectivity index (χ3v) is 2.52. The third kappa shape index (κ3) is 5.19. The molecule has 0 spiro atoms. The van der Waals surface area contributed by atoms with Crippen molar-refractivity contribution in [3.63, 3.8) is 0 Å². The SMILES string of the molecule is CCC(C)C(NC(N)=O)C(=O)NC(C)C(=O)O. The normalized spacial score (nSPS) is 15.5. The van der Waals surface area contributed by atoms with Crippen molar-refractivity contribution in [2.24, 2.45) is 11.7 Å². The van der Waals surface area contributed by atoms with Crippen molar-refractivity contribution in [1.82, 2.24) is 10.6 Å². The number of nitrogens with two attached hydrogens (primary N) is 1. The average Bonchev–Trinajstić information content (AvgIpc) is 2.24. The molecule has 0 aromatic rings. The van der Waals surface area contributed by atoms with Crippen LogP contribution < -0.4 is 16.4 Å². The van der Waals surface area contributed by atoms with Crippen molar-refractivity contribution in [3.8, 4) is 0 Å². The molecule has 0 aliphatic carbocycles. The van der Waals surface area contributed by atoms with E-state index in [4.69, 9.17) is 10.8 Å². The van der Waals surface area contributed by atoms with Crippen molar-refractivity contribution in [3.05, 3.63) is 0 Å². The predicted molar refractivity (Wildman–Crippen MR) is 61.2 cm³/mol. The number of rotatable bonds is 6. The molecular weight excluding hydrogens is 226 g/mol. The Kier molecular flexibility index (Phi) is 6.01. The van der Waals surface area contributed by atoms with Crippen molar-refractivity contribution >= 4 is 17.9 Å². The molecule has 0 heterocycles. The van der Waals surface area contributed by atoms with Crippen molar-refractivity contribution < 1.29 is 19.5 Å². The van der Waals surface area contributed by atoms with Crippen molar-refractivity contribution in [2.75, 3.05) is 0 Å². The zero-order chi connectivity index (χ0) is 13.6. The summed E-state index contributed by atoms with van der Waals surface area (Å²) in [6.45, 7) is 4.97. The molecule has 17 heavy (non-hydrogen) atoms. The Morgan fingerprint density at radius 2 is 1.76 bits per heavy atom. The summed E-state index contributed by atoms with van der Waals surface area (Å²) in [6.07, 6.45) is 0.653. The first-order valence-electron chi connectivity index (χ1n) is 5.38. The summed E-state index contributed by atoms with van der Waals surface area (Å²) in [5.74, 6) is -1.82. The largest absolute Gasteiger partial charge is 0.480 e. The van der Waals surface area contributed by atoms with Gasteiger partial charge in [0.2, 0.25) is 5.91 Å². The molecule has 7 nitrogen and oxygen atoms in total. The van der Waals surface area contributed by atoms with Gasteiger partial charge < -0.3 is 21.5 Å². The van der Waals surface area contributed by atoms with Crippen LogP contribution in [0.5, 0.6) is 0 Å². The molecule has 3 amide bonds. The third-order valence-electron chi connectivity index (χ3n) is 2.52. The lowest BCUT2D eigenvalue weighted by molar-refractivity contribution is -0.141. The molecule has 0 radical (unpaired) electrons. The fourth-order valence-electron chi connectivity index (χ4n) is 1.22. The van der Waals surface area contributed by atoms with Gasteiger partial charge in [-0.2, -0.15) is 0 Å². The lowest BCUT2D eigenvalue weighted by atomic mass is 9.98. The summed E-state index contributed by atoms with van der Waals surface area (Å²) in [6, 6.07) is -2.64. The second-order valence-corrected chi connectivity index (χ2v) is 3.94. The number of carboxylic acids is 1. The topological polar surface area (TPSA) is 122 Å². The molecular formula is C10H19N3O4. The van der Waals surface area contributed by atoms with Crippen LogP contribution >= 0.6 is 0 Å². The van der Waals surface area contributed by atoms with Gasteiger partial charge in [-0.15, -0.1) is 0 Å². The van der Waals surface area contributed by atoms with E-state index in [1.54, 1.807) is 6.92 Å². The van der Waals surface area contributed by atoms with Gasteiger partial charge in [0, 0.05) is 0 Å². The van der Waals surface area contributed by atoms with E-state index in [2.05, 4.69) is 10.6 Å². The summed E-state index contributed by atoms with van der Waals surface area (Å²) < 4.78 is 0. The number of primary amides is 1. The van der Waals surface area contributed by atoms with Crippen LogP contribution in [0.2, 0.25) is 0 Å². The Labute approximate surface area is 99.7 Å². The first kappa shape index (κ1) is 15.2. The highest BCUT2D eigenvalue weighted by Gasteiger charge is 2.27. The lowest BCUT2D eigenvalue weighted by Crippen LogP contribution is -2.54. The highest BCUT2D eigenvalue weighted by atomic mass is 16.4. The monoisotopic (exact) mass is 245 g/mol. The second-order valence-electron chi connectivity index (χ2n) is 3.94. The van der Waals surface area contributed by atoms with Crippen LogP contribution in [0.25, 0.3) is 0 Å². The Morgan fingerprint density at radius 1 is 1.24 bits per heavy atom. The highest BCUT2D eigenvalue weighted by molar-refractivity contribution is 5.89. The first-order chi connectivity index (χ1) is 7.79. The summed E-state index contributed by atoms with van der Waals surface area (Å²) >= 11 is 0. The van der Waals surface area contributed by atoms with Gasteiger partial charge in [-0.1, -0.05) is 20.3 Å². The van der Waals surface area contributed by atoms with E-state index in [-0.39, 0.29) is 5.92 Å². The summed E-state index contributed by atoms with van der Waals surface area (Å²) in [5, 5.41) is 13.3. The van der Waals surface area contributed by atoms with E-state index in [0.717, 1.165) is 0 Å². The van der Waals surface area contributed by atoms with E-state index in [1.165, 1.54) is 6.92 Å². The van der Waals surface area contributed by atoms with Crippen LogP contribution in [0.1, 0.15) is 27.2 Å². The molecule has 0 bridgehead atoms. The van der Waals surface area contributed by atoms with Crippen LogP contribution in [-0.2, 0) is 9.59 Å². The molecule has 5 N–H and O–H groups in total. The van der Waals surface area contributed by atoms with Crippen LogP contribution in [0, 0.1) is 5.92 Å². The minimum Gasteiger partial charge on any atom is -0.480 e. The van der Waals surface area contributed by atoms with Gasteiger partial charge >= 0.3 is 12.0 Å². The molecule has 0 aromatic carbocycles. The number of amides is 3. The van der Waals surface area contributed by atoms with Gasteiger partial charge in [0.25, 0.3) is 0 Å². The van der Waals surface area contributed by atoms with Gasteiger partial charge in [-0.3, -0.25) is 9.59 Å². The Bertz CT molecular complexity index is 306. The van der Waals surface area contributed by atoms with E-state index in [0.29, 0.717) is 6.42 Å². The number of carbonyl (C=O) groups is 3. The van der Waals surface area contributed by atoms with Gasteiger partial charge in [-0.05, 0) is 12.8 Å². The number of urea groups is 1. The molecule has 0 aliphatic heterocycles. The van der Waals surface area contributed by atoms with E-state index in [9.17, 15) is 14.4 Å². The molecule has 98 valence electrons. The van der Waals surface area contributed by atoms with Gasteiger partial charge in [-0.25, -0.2) is 4.79 Å². The fourth-order valence-corrected chi connectivity index (χ4v) is 1.22. The maximum atomic E-state index is 11.7. The minimum absolute atomic E-state index is 0.136. The molecule has 7 heteroatoms. The number of nitrogens with one attached hydrogen (secondary N) is 2. The summed E-state index contributed by atoms with van der Waals surface area (Å²) in [5.41, 5.74) is 4.97. The summed E-state index contributed by atoms with van der Waals surface area (Å²) in [4.78, 5) is 33.1. The maximum absolute atomic E-state index is 11.7. The van der Waals surface area contributed by atoms with Gasteiger partial charge in [0.15, 0.2) is 0 Å². The molecule has 0 aromatic heterocycles. The summed E-state index contributed by atoms with van der Waals surface area (Å²) in [7, 11) is 0. The molecule has 0 saturated heterocycles. The van der Waals surface area contributed by atoms with Crippen LogP contribution in [-0.4, -0.2) is 35.1 Å². The average molecular weight is 245 g/mol. The van der Waals surface area contributed by atoms with Gasteiger partial charge in [0.1, 0.15) is 12.1 Å². The second kappa shape index (κ2) is 6.72. The standard InChI is InChI=1S/C10H19N3O4/c1-4-5(2)7(13-10(11)17)8(14)12-6(3)9(15)16/h5-7H,4H2,1-3H3,(H,12,14)(H,15,16)(H3,11,13,17). The Balaban J connectivity index is 4.63. The molecule has 0 saturated carbocycles. The predicted octanol–water partition coefficient (Wildman–Crippen LogP) is -0.341. The molecule has 0 fully saturated rings. The minimum atomic E-state index is -1.14. The maximum Gasteiger partial charge on any atom is 0.325 e. The zero-order valence-corrected chi connectivity index (χ0v) is 10.2. The number of hydrogen-bond donors (Lipinski definition) is 4. The molecule has 3 atom stereocenters. The quantitative estimate of drug-likeness (QED) is 0.511. The van der Waals surface area contributed by atoms with Crippen LogP contribution in [0.4, 0.5) is 4.79 Å². The lowest BCUT2D eigenvalue weighted by Gasteiger charge is -2.23. The van der Waals surface area contributed by atoms with Crippen LogP contribution in [0.15, 0.2) is 0 Å². The number of hydrogen-bond acceptors (Lipinski definition) is 3. The first-order valence-corrected chi connectivity index (χ1v) is 5.38. The Hall–Kier alpha value is -1.79. The van der Waals surface area contributed by atoms with E-state index < -0.39 is 30.0 Å². The smallest absolute Gasteiger partial charge is 0.325 e. The fraction of sp³-hybridized carbons (Fsp3) is 0.700. The van der Waals surface area contributed by atoms with Crippen LogP contribution in [0.3, 0.4) is 0 Å². The van der Waals surface area contributed by atoms with Crippen molar-refractivity contribution in [1.29, 1.82) is 0 Å². The van der Waals surface area contributed by atoms with Gasteiger partial charge in [0.05, 0.1) is 0 Å². The van der Waals surface area contributed by atoms with E-state index >= 15 is 0 Å². The number of aliphatic carboxylic acids is 1. The molecule has 0 rings (SSSR count). The number of carbonyl (C=O) groups excluding carboxylic acids is 2. The Morgan fingerprint density at radius 3 is 2.12 bits per heavy atom. The molecule has 3 unspecified atom stereocenters. The highest BCUT2D eigenvalue weighted by Crippen LogP contribution is 2.08.